The van der Waals surface area contributed by atoms with Gasteiger partial charge >= 0.3 is 30.3 Å². The number of hydrogen-bond donors (Lipinski definition) is 1. The number of rotatable bonds is 15. The number of unbranched alkanes of at least 4 members (excludes halogenated alkanes) is 1. The van der Waals surface area contributed by atoms with Crippen LogP contribution in [0.1, 0.15) is 37.3 Å². The van der Waals surface area contributed by atoms with Crippen LogP contribution in [0.2, 0.25) is 0 Å². The van der Waals surface area contributed by atoms with Crippen LogP contribution in [0, 0.1) is 0 Å². The van der Waals surface area contributed by atoms with Crippen LogP contribution in [0.5, 0.6) is 11.5 Å². The number of halogens is 8. The molecule has 2 aromatic carbocycles. The molecule has 0 aliphatic heterocycles. The van der Waals surface area contributed by atoms with E-state index in [2.05, 4.69) is 0 Å². The number of carboxylic acids is 1. The maximum atomic E-state index is 13.3. The number of hydrogen-bond acceptors (Lipinski definition) is 5. The average molecular weight is 616 g/mol. The van der Waals surface area contributed by atoms with Crippen molar-refractivity contribution in [3.63, 3.8) is 0 Å². The molecule has 1 atom stereocenters. The highest BCUT2D eigenvalue weighted by atomic mass is 19.4. The van der Waals surface area contributed by atoms with Gasteiger partial charge in [0.2, 0.25) is 0 Å². The lowest BCUT2D eigenvalue weighted by atomic mass is 10.1. The molecule has 42 heavy (non-hydrogen) atoms. The van der Waals surface area contributed by atoms with Gasteiger partial charge in [-0.3, -0.25) is 0 Å². The van der Waals surface area contributed by atoms with E-state index in [1.54, 1.807) is 19.1 Å². The van der Waals surface area contributed by atoms with Crippen LogP contribution in [0.15, 0.2) is 48.5 Å². The van der Waals surface area contributed by atoms with E-state index in [1.165, 1.54) is 18.2 Å². The van der Waals surface area contributed by atoms with Crippen molar-refractivity contribution in [3.05, 3.63) is 59.7 Å². The second-order valence-corrected chi connectivity index (χ2v) is 8.99. The molecule has 0 fully saturated rings. The van der Waals surface area contributed by atoms with Gasteiger partial charge in [0, 0.05) is 26.0 Å². The summed E-state index contributed by atoms with van der Waals surface area (Å²) in [4.78, 5) is 24.8. The fourth-order valence-corrected chi connectivity index (χ4v) is 3.66. The zero-order valence-electron chi connectivity index (χ0n) is 22.3. The van der Waals surface area contributed by atoms with Gasteiger partial charge in [0.15, 0.2) is 6.10 Å². The van der Waals surface area contributed by atoms with E-state index in [-0.39, 0.29) is 38.3 Å². The summed E-state index contributed by atoms with van der Waals surface area (Å²) >= 11 is 0. The molecule has 0 spiro atoms. The molecule has 0 radical (unpaired) electrons. The van der Waals surface area contributed by atoms with Crippen LogP contribution >= 0.6 is 0 Å². The molecule has 0 aliphatic carbocycles. The van der Waals surface area contributed by atoms with Crippen molar-refractivity contribution >= 4 is 12.1 Å². The molecule has 2 aromatic rings. The number of para-hydroxylation sites is 1. The number of alkyl halides is 8. The molecule has 15 heteroatoms. The summed E-state index contributed by atoms with van der Waals surface area (Å²) in [6.45, 7) is 0.889. The summed E-state index contributed by atoms with van der Waals surface area (Å²) in [5.74, 6) is -6.61. The summed E-state index contributed by atoms with van der Waals surface area (Å²) in [6, 6.07) is 10.0. The highest BCUT2D eigenvalue weighted by Crippen LogP contribution is 2.39. The van der Waals surface area contributed by atoms with E-state index >= 15 is 0 Å². The maximum absolute atomic E-state index is 13.3. The fraction of sp³-hybridized carbons (Fsp3) is 0.481. The van der Waals surface area contributed by atoms with E-state index in [9.17, 15) is 49.8 Å². The number of carbonyl (C=O) groups excluding carboxylic acids is 1. The maximum Gasteiger partial charge on any atom is 0.453 e. The lowest BCUT2D eigenvalue weighted by Gasteiger charge is -2.24. The highest BCUT2D eigenvalue weighted by Gasteiger charge is 2.56. The minimum atomic E-state index is -5.74. The number of nitrogens with zero attached hydrogens (tertiary/aromatic N) is 1. The quantitative estimate of drug-likeness (QED) is 0.172. The second-order valence-electron chi connectivity index (χ2n) is 8.99. The SMILES string of the molecule is CCOC(Cc1ccc(OCCN(CCCCC(F)(F)C(F)(F)F)C(=O)Oc2ccccc2C(F)(F)F)cc1)C(=O)O. The van der Waals surface area contributed by atoms with Crippen LogP contribution in [-0.2, 0) is 22.1 Å². The van der Waals surface area contributed by atoms with Crippen LogP contribution < -0.4 is 9.47 Å². The molecular weight excluding hydrogens is 586 g/mol. The smallest absolute Gasteiger partial charge is 0.453 e. The van der Waals surface area contributed by atoms with Gasteiger partial charge in [-0.1, -0.05) is 24.3 Å². The average Bonchev–Trinajstić information content (AvgIpc) is 2.89. The van der Waals surface area contributed by atoms with Crippen molar-refractivity contribution in [1.82, 2.24) is 4.90 Å². The van der Waals surface area contributed by atoms with Crippen molar-refractivity contribution < 1.29 is 64.0 Å². The van der Waals surface area contributed by atoms with E-state index in [4.69, 9.17) is 14.2 Å². The zero-order chi connectivity index (χ0) is 31.6. The number of amides is 1. The predicted octanol–water partition coefficient (Wildman–Crippen LogP) is 6.99. The summed E-state index contributed by atoms with van der Waals surface area (Å²) < 4.78 is 119. The first kappa shape index (κ1) is 34.6. The summed E-state index contributed by atoms with van der Waals surface area (Å²) in [7, 11) is 0. The van der Waals surface area contributed by atoms with E-state index in [0.29, 0.717) is 11.6 Å². The third-order valence-electron chi connectivity index (χ3n) is 5.85. The Hall–Kier alpha value is -3.62. The van der Waals surface area contributed by atoms with Crippen molar-refractivity contribution in [2.75, 3.05) is 26.3 Å². The Kier molecular flexibility index (Phi) is 12.4. The molecule has 0 saturated heterocycles. The predicted molar refractivity (Wildman–Crippen MR) is 133 cm³/mol. The minimum Gasteiger partial charge on any atom is -0.492 e. The molecule has 1 unspecified atom stereocenters. The van der Waals surface area contributed by atoms with Gasteiger partial charge in [0.1, 0.15) is 18.1 Å². The van der Waals surface area contributed by atoms with Gasteiger partial charge in [-0.2, -0.15) is 35.1 Å². The Bertz CT molecular complexity index is 1150. The Morgan fingerprint density at radius 1 is 0.905 bits per heavy atom. The van der Waals surface area contributed by atoms with E-state index in [0.717, 1.165) is 17.0 Å². The highest BCUT2D eigenvalue weighted by molar-refractivity contribution is 5.72. The number of aliphatic carboxylic acids is 1. The molecule has 234 valence electrons. The normalized spacial score (nSPS) is 13.0. The number of ether oxygens (including phenoxy) is 3. The fourth-order valence-electron chi connectivity index (χ4n) is 3.66. The third kappa shape index (κ3) is 10.7. The first-order valence-corrected chi connectivity index (χ1v) is 12.7. The Morgan fingerprint density at radius 3 is 2.12 bits per heavy atom. The van der Waals surface area contributed by atoms with Gasteiger partial charge in [-0.15, -0.1) is 0 Å². The monoisotopic (exact) mass is 615 g/mol. The summed E-state index contributed by atoms with van der Waals surface area (Å²) in [5.41, 5.74) is -0.624. The van der Waals surface area contributed by atoms with Crippen molar-refractivity contribution in [2.24, 2.45) is 0 Å². The van der Waals surface area contributed by atoms with Crippen LogP contribution in [-0.4, -0.2) is 66.6 Å². The minimum absolute atomic E-state index is 0.0792. The number of carbonyl (C=O) groups is 2. The van der Waals surface area contributed by atoms with Gasteiger partial charge in [0.05, 0.1) is 12.1 Å². The van der Waals surface area contributed by atoms with Gasteiger partial charge in [-0.25, -0.2) is 9.59 Å². The Balaban J connectivity index is 2.06. The zero-order valence-corrected chi connectivity index (χ0v) is 22.3. The van der Waals surface area contributed by atoms with Crippen LogP contribution in [0.25, 0.3) is 0 Å². The molecule has 0 heterocycles. The molecule has 2 rings (SSSR count). The van der Waals surface area contributed by atoms with E-state index < -0.39 is 67.1 Å². The number of carboxylic acid groups (broad SMARTS) is 1. The molecule has 1 N–H and O–H groups in total. The van der Waals surface area contributed by atoms with Gasteiger partial charge in [0.25, 0.3) is 0 Å². The summed E-state index contributed by atoms with van der Waals surface area (Å²) in [5, 5.41) is 9.20. The largest absolute Gasteiger partial charge is 0.492 e. The molecule has 7 nitrogen and oxygen atoms in total. The molecule has 0 aromatic heterocycles. The lowest BCUT2D eigenvalue weighted by molar-refractivity contribution is -0.284. The van der Waals surface area contributed by atoms with Crippen LogP contribution in [0.4, 0.5) is 39.9 Å². The molecule has 0 aliphatic rings. The standard InChI is InChI=1S/C27H29F8NO6/c1-2-40-22(23(37)38)17-18-9-11-19(12-10-18)41-16-15-36(14-6-5-13-25(28,29)27(33,34)35)24(39)42-21-8-4-3-7-20(21)26(30,31)32/h3-4,7-12,22H,2,5-6,13-17H2,1H3,(H,37,38). The molecule has 1 amide bonds. The van der Waals surface area contributed by atoms with Crippen molar-refractivity contribution in [1.29, 1.82) is 0 Å². The summed E-state index contributed by atoms with van der Waals surface area (Å²) in [6.07, 6.45) is -15.4. The van der Waals surface area contributed by atoms with E-state index in [1.807, 2.05) is 0 Å². The Morgan fingerprint density at radius 2 is 1.55 bits per heavy atom. The molecule has 0 bridgehead atoms. The molecule has 0 saturated carbocycles. The first-order valence-electron chi connectivity index (χ1n) is 12.7. The van der Waals surface area contributed by atoms with Crippen LogP contribution in [0.3, 0.4) is 0 Å². The number of benzene rings is 2. The topological polar surface area (TPSA) is 85.3 Å². The first-order chi connectivity index (χ1) is 19.5. The third-order valence-corrected chi connectivity index (χ3v) is 5.85. The second kappa shape index (κ2) is 15.0. The lowest BCUT2D eigenvalue weighted by Crippen LogP contribution is -2.38. The van der Waals surface area contributed by atoms with Gasteiger partial charge in [-0.05, 0) is 49.6 Å². The molecular formula is C27H29F8NO6. The van der Waals surface area contributed by atoms with Crippen molar-refractivity contribution in [2.45, 2.75) is 57.0 Å². The Labute approximate surface area is 236 Å². The van der Waals surface area contributed by atoms with Crippen molar-refractivity contribution in [3.8, 4) is 11.5 Å². The van der Waals surface area contributed by atoms with Gasteiger partial charge < -0.3 is 24.2 Å².